The lowest BCUT2D eigenvalue weighted by atomic mass is 9.99. The molecule has 0 bridgehead atoms. The summed E-state index contributed by atoms with van der Waals surface area (Å²) in [5.74, 6) is 1.21. The Kier molecular flexibility index (Phi) is 5.58. The first-order valence-electron chi connectivity index (χ1n) is 9.00. The van der Waals surface area contributed by atoms with E-state index >= 15 is 0 Å². The van der Waals surface area contributed by atoms with Gasteiger partial charge in [-0.25, -0.2) is 4.98 Å². The van der Waals surface area contributed by atoms with Crippen molar-refractivity contribution in [3.63, 3.8) is 0 Å². The highest BCUT2D eigenvalue weighted by atomic mass is 35.5. The van der Waals surface area contributed by atoms with Gasteiger partial charge in [-0.1, -0.05) is 73.6 Å². The lowest BCUT2D eigenvalue weighted by molar-refractivity contribution is 0.867. The highest BCUT2D eigenvalue weighted by Gasteiger charge is 2.13. The predicted octanol–water partition coefficient (Wildman–Crippen LogP) is 6.72. The molecule has 28 heavy (non-hydrogen) atoms. The van der Waals surface area contributed by atoms with Crippen LogP contribution in [0.2, 0.25) is 5.02 Å². The molecule has 0 radical (unpaired) electrons. The summed E-state index contributed by atoms with van der Waals surface area (Å²) < 4.78 is 0. The van der Waals surface area contributed by atoms with Crippen molar-refractivity contribution in [2.24, 2.45) is 0 Å². The number of nitrogens with zero attached hydrogens (tertiary/aromatic N) is 1. The Balaban J connectivity index is 1.62. The van der Waals surface area contributed by atoms with Crippen molar-refractivity contribution in [1.82, 2.24) is 9.97 Å². The normalized spacial score (nSPS) is 11.4. The molecule has 2 heterocycles. The minimum absolute atomic E-state index is 0.0900. The Morgan fingerprint density at radius 3 is 2.50 bits per heavy atom. The fraction of sp³-hybridized carbons (Fsp3) is 0.182. The molecule has 3 nitrogen and oxygen atoms in total. The number of thiophene rings is 1. The van der Waals surface area contributed by atoms with Crippen LogP contribution in [0.3, 0.4) is 0 Å². The zero-order valence-electron chi connectivity index (χ0n) is 15.5. The molecule has 1 N–H and O–H groups in total. The topological polar surface area (TPSA) is 45.8 Å². The summed E-state index contributed by atoms with van der Waals surface area (Å²) in [7, 11) is 0. The van der Waals surface area contributed by atoms with Crippen molar-refractivity contribution < 1.29 is 0 Å². The number of rotatable bonds is 5. The Labute approximate surface area is 176 Å². The van der Waals surface area contributed by atoms with Gasteiger partial charge in [-0.05, 0) is 34.7 Å². The third-order valence-corrected chi connectivity index (χ3v) is 6.67. The molecule has 0 saturated heterocycles. The molecule has 4 aromatic rings. The zero-order valence-corrected chi connectivity index (χ0v) is 17.9. The van der Waals surface area contributed by atoms with Crippen LogP contribution in [0.15, 0.2) is 63.9 Å². The van der Waals surface area contributed by atoms with E-state index in [1.807, 2.05) is 29.6 Å². The Morgan fingerprint density at radius 2 is 1.82 bits per heavy atom. The van der Waals surface area contributed by atoms with Gasteiger partial charge >= 0.3 is 0 Å². The zero-order chi connectivity index (χ0) is 19.7. The molecular formula is C22H19ClN2OS2. The number of hydrogen-bond donors (Lipinski definition) is 1. The van der Waals surface area contributed by atoms with Gasteiger partial charge in [0.15, 0.2) is 5.16 Å². The molecule has 2 aromatic heterocycles. The third kappa shape index (κ3) is 4.02. The first-order valence-corrected chi connectivity index (χ1v) is 11.2. The van der Waals surface area contributed by atoms with Crippen molar-refractivity contribution in [1.29, 1.82) is 0 Å². The maximum Gasteiger partial charge on any atom is 0.260 e. The summed E-state index contributed by atoms with van der Waals surface area (Å²) in [6.45, 7) is 4.35. The van der Waals surface area contributed by atoms with Crippen LogP contribution in [-0.2, 0) is 5.75 Å². The largest absolute Gasteiger partial charge is 0.301 e. The predicted molar refractivity (Wildman–Crippen MR) is 121 cm³/mol. The van der Waals surface area contributed by atoms with Gasteiger partial charge in [-0.2, -0.15) is 0 Å². The van der Waals surface area contributed by atoms with Crippen LogP contribution in [0.25, 0.3) is 21.3 Å². The summed E-state index contributed by atoms with van der Waals surface area (Å²) in [5, 5.41) is 4.04. The molecule has 0 aliphatic heterocycles. The van der Waals surface area contributed by atoms with Crippen LogP contribution in [0.5, 0.6) is 0 Å². The van der Waals surface area contributed by atoms with Gasteiger partial charge in [0.1, 0.15) is 4.83 Å². The third-order valence-electron chi connectivity index (χ3n) is 4.60. The molecule has 2 aromatic carbocycles. The monoisotopic (exact) mass is 426 g/mol. The standard InChI is InChI=1S/C22H19ClN2OS2/c1-13(2)15-5-7-16(8-6-15)18-12-27-21-19(18)20(26)24-22(25-21)28-11-14-3-9-17(23)10-4-14/h3-10,12-13H,11H2,1-2H3,(H,24,25,26). The molecule has 0 fully saturated rings. The minimum atomic E-state index is -0.0900. The number of H-pyrrole nitrogens is 1. The summed E-state index contributed by atoms with van der Waals surface area (Å²) in [4.78, 5) is 21.1. The van der Waals surface area contributed by atoms with E-state index in [9.17, 15) is 4.79 Å². The molecule has 0 saturated carbocycles. The quantitative estimate of drug-likeness (QED) is 0.284. The average molecular weight is 427 g/mol. The number of halogens is 1. The molecule has 0 aliphatic rings. The number of fused-ring (bicyclic) bond motifs is 1. The lowest BCUT2D eigenvalue weighted by Gasteiger charge is -2.06. The second kappa shape index (κ2) is 8.11. The van der Waals surface area contributed by atoms with Crippen LogP contribution in [0.1, 0.15) is 30.9 Å². The molecule has 4 rings (SSSR count). The maximum atomic E-state index is 12.8. The molecule has 0 amide bonds. The number of thioether (sulfide) groups is 1. The van der Waals surface area contributed by atoms with Crippen LogP contribution in [-0.4, -0.2) is 9.97 Å². The Morgan fingerprint density at radius 1 is 1.11 bits per heavy atom. The lowest BCUT2D eigenvalue weighted by Crippen LogP contribution is -2.08. The van der Waals surface area contributed by atoms with Crippen LogP contribution < -0.4 is 5.56 Å². The van der Waals surface area contributed by atoms with Crippen molar-refractivity contribution in [2.75, 3.05) is 0 Å². The molecular weight excluding hydrogens is 408 g/mol. The van der Waals surface area contributed by atoms with E-state index in [1.54, 1.807) is 0 Å². The molecule has 0 atom stereocenters. The molecule has 0 unspecified atom stereocenters. The smallest absolute Gasteiger partial charge is 0.260 e. The molecule has 6 heteroatoms. The van der Waals surface area contributed by atoms with Gasteiger partial charge in [0, 0.05) is 21.7 Å². The van der Waals surface area contributed by atoms with E-state index in [-0.39, 0.29) is 5.56 Å². The number of nitrogens with one attached hydrogen (secondary N) is 1. The van der Waals surface area contributed by atoms with Gasteiger partial charge in [0.2, 0.25) is 0 Å². The summed E-state index contributed by atoms with van der Waals surface area (Å²) >= 11 is 8.95. The minimum Gasteiger partial charge on any atom is -0.301 e. The van der Waals surface area contributed by atoms with Gasteiger partial charge in [0.05, 0.1) is 5.39 Å². The first kappa shape index (κ1) is 19.2. The Bertz CT molecular complexity index is 1160. The molecule has 142 valence electrons. The average Bonchev–Trinajstić information content (AvgIpc) is 3.12. The number of aromatic nitrogens is 2. The van der Waals surface area contributed by atoms with Gasteiger partial charge in [-0.15, -0.1) is 11.3 Å². The fourth-order valence-electron chi connectivity index (χ4n) is 2.99. The second-order valence-corrected chi connectivity index (χ2v) is 9.15. The van der Waals surface area contributed by atoms with Crippen LogP contribution in [0, 0.1) is 0 Å². The summed E-state index contributed by atoms with van der Waals surface area (Å²) in [5.41, 5.74) is 4.32. The van der Waals surface area contributed by atoms with Crippen LogP contribution >= 0.6 is 34.7 Å². The van der Waals surface area contributed by atoms with E-state index in [0.717, 1.165) is 27.3 Å². The number of hydrogen-bond acceptors (Lipinski definition) is 4. The highest BCUT2D eigenvalue weighted by molar-refractivity contribution is 7.98. The van der Waals surface area contributed by atoms with E-state index in [1.165, 1.54) is 28.7 Å². The fourth-order valence-corrected chi connectivity index (χ4v) is 4.94. The highest BCUT2D eigenvalue weighted by Crippen LogP contribution is 2.32. The van der Waals surface area contributed by atoms with Gasteiger partial charge in [0.25, 0.3) is 5.56 Å². The first-order chi connectivity index (χ1) is 13.5. The summed E-state index contributed by atoms with van der Waals surface area (Å²) in [6.07, 6.45) is 0. The number of benzene rings is 2. The summed E-state index contributed by atoms with van der Waals surface area (Å²) in [6, 6.07) is 16.1. The van der Waals surface area contributed by atoms with Crippen molar-refractivity contribution in [3.05, 3.63) is 80.4 Å². The van der Waals surface area contributed by atoms with Gasteiger partial charge in [-0.3, -0.25) is 4.79 Å². The maximum absolute atomic E-state index is 12.8. The van der Waals surface area contributed by atoms with Crippen molar-refractivity contribution in [2.45, 2.75) is 30.7 Å². The van der Waals surface area contributed by atoms with E-state index in [0.29, 0.717) is 21.5 Å². The van der Waals surface area contributed by atoms with Crippen molar-refractivity contribution >= 4 is 44.9 Å². The molecule has 0 aliphatic carbocycles. The second-order valence-electron chi connectivity index (χ2n) is 6.89. The van der Waals surface area contributed by atoms with E-state index in [2.05, 4.69) is 48.1 Å². The number of aromatic amines is 1. The van der Waals surface area contributed by atoms with Crippen molar-refractivity contribution in [3.8, 4) is 11.1 Å². The van der Waals surface area contributed by atoms with E-state index < -0.39 is 0 Å². The SMILES string of the molecule is CC(C)c1ccc(-c2csc3nc(SCc4ccc(Cl)cc4)[nH]c(=O)c23)cc1. The molecule has 0 spiro atoms. The van der Waals surface area contributed by atoms with Gasteiger partial charge < -0.3 is 4.98 Å². The Hall–Kier alpha value is -2.08. The van der Waals surface area contributed by atoms with Crippen LogP contribution in [0.4, 0.5) is 0 Å². The van der Waals surface area contributed by atoms with E-state index in [4.69, 9.17) is 11.6 Å².